The van der Waals surface area contributed by atoms with Gasteiger partial charge in [-0.25, -0.2) is 17.5 Å². The molecule has 0 fully saturated rings. The highest BCUT2D eigenvalue weighted by atomic mass is 35.5. The molecule has 38 heavy (non-hydrogen) atoms. The van der Waals surface area contributed by atoms with Crippen LogP contribution in [0.4, 0.5) is 4.39 Å². The zero-order valence-corrected chi connectivity index (χ0v) is 23.0. The van der Waals surface area contributed by atoms with Gasteiger partial charge in [0.25, 0.3) is 0 Å². The number of hydrogen-bond donors (Lipinski definition) is 1. The van der Waals surface area contributed by atoms with Crippen LogP contribution < -0.4 is 4.72 Å². The van der Waals surface area contributed by atoms with Crippen molar-refractivity contribution in [1.29, 1.82) is 0 Å². The summed E-state index contributed by atoms with van der Waals surface area (Å²) >= 11 is 7.75. The number of nitrogens with zero attached hydrogens (tertiary/aromatic N) is 3. The summed E-state index contributed by atoms with van der Waals surface area (Å²) in [4.78, 5) is 0.166. The van der Waals surface area contributed by atoms with Gasteiger partial charge in [-0.15, -0.1) is 10.2 Å². The predicted molar refractivity (Wildman–Crippen MR) is 150 cm³/mol. The first-order valence-electron chi connectivity index (χ1n) is 11.8. The normalized spacial score (nSPS) is 12.6. The van der Waals surface area contributed by atoms with E-state index in [4.69, 9.17) is 11.6 Å². The van der Waals surface area contributed by atoms with Crippen LogP contribution in [0.3, 0.4) is 0 Å². The molecule has 0 bridgehead atoms. The van der Waals surface area contributed by atoms with Crippen LogP contribution in [-0.2, 0) is 15.8 Å². The standard InChI is InChI=1S/C28H24ClFN4O2S2/c1-18-7-11-23(29)16-26(18)34-27(31-32-28(34)37-17-20-8-12-24(30)13-9-20)19(2)33-38(35,36)25-14-10-21-5-3-4-6-22(21)15-25/h3-16,19,33H,17H2,1-2H3. The van der Waals surface area contributed by atoms with Crippen LogP contribution in [0.15, 0.2) is 95.0 Å². The third-order valence-corrected chi connectivity index (χ3v) is 8.88. The van der Waals surface area contributed by atoms with Crippen molar-refractivity contribution < 1.29 is 12.8 Å². The van der Waals surface area contributed by atoms with Crippen LogP contribution in [0.5, 0.6) is 0 Å². The number of hydrogen-bond acceptors (Lipinski definition) is 5. The third kappa shape index (κ3) is 5.61. The van der Waals surface area contributed by atoms with E-state index < -0.39 is 16.1 Å². The van der Waals surface area contributed by atoms with E-state index in [0.29, 0.717) is 21.8 Å². The fraction of sp³-hybridized carbons (Fsp3) is 0.143. The van der Waals surface area contributed by atoms with Crippen molar-refractivity contribution >= 4 is 44.2 Å². The van der Waals surface area contributed by atoms with Gasteiger partial charge < -0.3 is 0 Å². The number of nitrogens with one attached hydrogen (secondary N) is 1. The van der Waals surface area contributed by atoms with Crippen molar-refractivity contribution in [2.24, 2.45) is 0 Å². The van der Waals surface area contributed by atoms with E-state index in [9.17, 15) is 12.8 Å². The number of aryl methyl sites for hydroxylation is 1. The zero-order chi connectivity index (χ0) is 26.9. The molecule has 10 heteroatoms. The number of fused-ring (bicyclic) bond motifs is 1. The van der Waals surface area contributed by atoms with Gasteiger partial charge >= 0.3 is 0 Å². The molecule has 1 aromatic heterocycles. The summed E-state index contributed by atoms with van der Waals surface area (Å²) in [5, 5.41) is 11.6. The SMILES string of the molecule is Cc1ccc(Cl)cc1-n1c(SCc2ccc(F)cc2)nnc1C(C)NS(=O)(=O)c1ccc2ccccc2c1. The minimum atomic E-state index is -3.87. The van der Waals surface area contributed by atoms with Crippen molar-refractivity contribution in [3.05, 3.63) is 113 Å². The average Bonchev–Trinajstić information content (AvgIpc) is 3.33. The maximum Gasteiger partial charge on any atom is 0.241 e. The Morgan fingerprint density at radius 1 is 0.974 bits per heavy atom. The molecule has 0 spiro atoms. The molecule has 0 aliphatic carbocycles. The van der Waals surface area contributed by atoms with Crippen molar-refractivity contribution in [1.82, 2.24) is 19.5 Å². The fourth-order valence-electron chi connectivity index (χ4n) is 4.12. The van der Waals surface area contributed by atoms with Crippen LogP contribution >= 0.6 is 23.4 Å². The molecule has 1 N–H and O–H groups in total. The molecule has 1 unspecified atom stereocenters. The van der Waals surface area contributed by atoms with Crippen LogP contribution in [0, 0.1) is 12.7 Å². The highest BCUT2D eigenvalue weighted by molar-refractivity contribution is 7.98. The second kappa shape index (κ2) is 10.9. The number of rotatable bonds is 8. The topological polar surface area (TPSA) is 76.9 Å². The van der Waals surface area contributed by atoms with Gasteiger partial charge in [0, 0.05) is 10.8 Å². The van der Waals surface area contributed by atoms with E-state index in [1.54, 1.807) is 49.4 Å². The van der Waals surface area contributed by atoms with Crippen molar-refractivity contribution in [3.8, 4) is 5.69 Å². The quantitative estimate of drug-likeness (QED) is 0.208. The summed E-state index contributed by atoms with van der Waals surface area (Å²) in [6, 6.07) is 23.7. The summed E-state index contributed by atoms with van der Waals surface area (Å²) in [6.45, 7) is 3.67. The Morgan fingerprint density at radius 2 is 1.71 bits per heavy atom. The third-order valence-electron chi connectivity index (χ3n) is 6.10. The van der Waals surface area contributed by atoms with Crippen molar-refractivity contribution in [3.63, 3.8) is 0 Å². The minimum Gasteiger partial charge on any atom is -0.272 e. The molecule has 5 aromatic rings. The Balaban J connectivity index is 1.49. The summed E-state index contributed by atoms with van der Waals surface area (Å²) in [5.41, 5.74) is 2.58. The average molecular weight is 567 g/mol. The van der Waals surface area contributed by atoms with E-state index >= 15 is 0 Å². The molecule has 4 aromatic carbocycles. The van der Waals surface area contributed by atoms with Crippen molar-refractivity contribution in [2.45, 2.75) is 35.7 Å². The molecular formula is C28H24ClFN4O2S2. The second-order valence-electron chi connectivity index (χ2n) is 8.87. The van der Waals surface area contributed by atoms with Crippen LogP contribution in [0.25, 0.3) is 16.5 Å². The molecule has 0 radical (unpaired) electrons. The molecule has 5 rings (SSSR count). The highest BCUT2D eigenvalue weighted by Crippen LogP contribution is 2.31. The maximum atomic E-state index is 13.3. The van der Waals surface area contributed by atoms with E-state index in [2.05, 4.69) is 14.9 Å². The second-order valence-corrected chi connectivity index (χ2v) is 12.0. The van der Waals surface area contributed by atoms with Crippen LogP contribution in [0.1, 0.15) is 29.9 Å². The van der Waals surface area contributed by atoms with Gasteiger partial charge in [0.1, 0.15) is 5.82 Å². The van der Waals surface area contributed by atoms with Gasteiger partial charge in [-0.05, 0) is 72.1 Å². The molecule has 0 amide bonds. The lowest BCUT2D eigenvalue weighted by molar-refractivity contribution is 0.556. The predicted octanol–water partition coefficient (Wildman–Crippen LogP) is 6.85. The lowest BCUT2D eigenvalue weighted by Gasteiger charge is -2.18. The molecule has 0 aliphatic rings. The molecule has 0 saturated heterocycles. The number of halogens is 2. The summed E-state index contributed by atoms with van der Waals surface area (Å²) < 4.78 is 44.6. The van der Waals surface area contributed by atoms with Gasteiger partial charge in [0.05, 0.1) is 16.6 Å². The Labute approximate surface area is 229 Å². The smallest absolute Gasteiger partial charge is 0.241 e. The monoisotopic (exact) mass is 566 g/mol. The van der Waals surface area contributed by atoms with E-state index in [1.165, 1.54) is 23.9 Å². The lowest BCUT2D eigenvalue weighted by Crippen LogP contribution is -2.29. The Morgan fingerprint density at radius 3 is 2.47 bits per heavy atom. The lowest BCUT2D eigenvalue weighted by atomic mass is 10.1. The number of aromatic nitrogens is 3. The first-order valence-corrected chi connectivity index (χ1v) is 14.7. The Bertz CT molecular complexity index is 1720. The molecule has 1 heterocycles. The maximum absolute atomic E-state index is 13.3. The van der Waals surface area contributed by atoms with Gasteiger partial charge in [-0.3, -0.25) is 4.57 Å². The van der Waals surface area contributed by atoms with Gasteiger partial charge in [0.2, 0.25) is 10.0 Å². The molecule has 194 valence electrons. The van der Waals surface area contributed by atoms with Gasteiger partial charge in [-0.1, -0.05) is 71.9 Å². The molecule has 0 aliphatic heterocycles. The first kappa shape index (κ1) is 26.4. The fourth-order valence-corrected chi connectivity index (χ4v) is 6.43. The molecule has 6 nitrogen and oxygen atoms in total. The van der Waals surface area contributed by atoms with Gasteiger partial charge in [0.15, 0.2) is 11.0 Å². The minimum absolute atomic E-state index is 0.166. The summed E-state index contributed by atoms with van der Waals surface area (Å²) in [7, 11) is -3.87. The zero-order valence-electron chi connectivity index (χ0n) is 20.6. The molecule has 1 atom stereocenters. The van der Waals surface area contributed by atoms with Crippen molar-refractivity contribution in [2.75, 3.05) is 0 Å². The van der Waals surface area contributed by atoms with E-state index in [1.807, 2.05) is 41.8 Å². The summed E-state index contributed by atoms with van der Waals surface area (Å²) in [5.74, 6) is 0.641. The van der Waals surface area contributed by atoms with Gasteiger partial charge in [-0.2, -0.15) is 0 Å². The number of benzene rings is 4. The van der Waals surface area contributed by atoms with Crippen LogP contribution in [0.2, 0.25) is 5.02 Å². The molecular weight excluding hydrogens is 543 g/mol. The number of thioether (sulfide) groups is 1. The largest absolute Gasteiger partial charge is 0.272 e. The van der Waals surface area contributed by atoms with E-state index in [-0.39, 0.29) is 10.7 Å². The Hall–Kier alpha value is -3.24. The Kier molecular flexibility index (Phi) is 7.54. The molecule has 0 saturated carbocycles. The summed E-state index contributed by atoms with van der Waals surface area (Å²) in [6.07, 6.45) is 0. The number of sulfonamides is 1. The van der Waals surface area contributed by atoms with Crippen LogP contribution in [-0.4, -0.2) is 23.2 Å². The highest BCUT2D eigenvalue weighted by Gasteiger charge is 2.25. The van der Waals surface area contributed by atoms with E-state index in [0.717, 1.165) is 27.6 Å². The first-order chi connectivity index (χ1) is 18.2.